The molecule has 3 aromatic carbocycles. The van der Waals surface area contributed by atoms with Gasteiger partial charge in [-0.15, -0.1) is 0 Å². The second-order valence-electron chi connectivity index (χ2n) is 8.44. The van der Waals surface area contributed by atoms with E-state index < -0.39 is 11.6 Å². The van der Waals surface area contributed by atoms with E-state index in [0.717, 1.165) is 74.4 Å². The van der Waals surface area contributed by atoms with Gasteiger partial charge in [0.25, 0.3) is 0 Å². The minimum absolute atomic E-state index is 0.386. The van der Waals surface area contributed by atoms with E-state index in [1.807, 2.05) is 48.5 Å². The predicted octanol–water partition coefficient (Wildman–Crippen LogP) is 5.99. The highest BCUT2D eigenvalue weighted by Crippen LogP contribution is 2.32. The number of nitrogens with one attached hydrogen (secondary N) is 1. The van der Waals surface area contributed by atoms with Crippen molar-refractivity contribution in [2.75, 3.05) is 37.6 Å². The summed E-state index contributed by atoms with van der Waals surface area (Å²) in [7, 11) is 0. The largest absolute Gasteiger partial charge is 0.455 e. The topological polar surface area (TPSA) is 31.5 Å². The quantitative estimate of drug-likeness (QED) is 0.377. The normalized spacial score (nSPS) is 14.7. The molecule has 0 saturated carbocycles. The molecule has 1 fully saturated rings. The number of hydrogen-bond donors (Lipinski definition) is 1. The molecule has 0 amide bonds. The van der Waals surface area contributed by atoms with Gasteiger partial charge in [-0.05, 0) is 55.3 Å². The maximum Gasteiger partial charge on any atom is 0.150 e. The zero-order valence-electron chi connectivity index (χ0n) is 18.4. The van der Waals surface area contributed by atoms with Crippen molar-refractivity contribution in [3.63, 3.8) is 0 Å². The van der Waals surface area contributed by atoms with Gasteiger partial charge in [-0.3, -0.25) is 4.90 Å². The summed E-state index contributed by atoms with van der Waals surface area (Å²) >= 11 is 0. The molecule has 6 heteroatoms. The van der Waals surface area contributed by atoms with Crippen molar-refractivity contribution >= 4 is 16.6 Å². The third kappa shape index (κ3) is 4.86. The minimum Gasteiger partial charge on any atom is -0.455 e. The van der Waals surface area contributed by atoms with Gasteiger partial charge in [0.2, 0.25) is 0 Å². The van der Waals surface area contributed by atoms with Gasteiger partial charge in [-0.25, -0.2) is 8.78 Å². The number of ether oxygens (including phenoxy) is 1. The van der Waals surface area contributed by atoms with Crippen molar-refractivity contribution in [2.24, 2.45) is 0 Å². The van der Waals surface area contributed by atoms with Crippen LogP contribution in [0.25, 0.3) is 10.9 Å². The number of H-pyrrole nitrogens is 1. The first kappa shape index (κ1) is 21.5. The summed E-state index contributed by atoms with van der Waals surface area (Å²) in [6.07, 6.45) is 3.53. The predicted molar refractivity (Wildman–Crippen MR) is 128 cm³/mol. The van der Waals surface area contributed by atoms with Gasteiger partial charge in [0.1, 0.15) is 17.4 Å². The van der Waals surface area contributed by atoms with Crippen LogP contribution in [0.2, 0.25) is 0 Å². The first-order chi connectivity index (χ1) is 16.2. The summed E-state index contributed by atoms with van der Waals surface area (Å²) in [5.74, 6) is 0.633. The van der Waals surface area contributed by atoms with Crippen molar-refractivity contribution in [3.05, 3.63) is 90.1 Å². The monoisotopic (exact) mass is 447 g/mol. The summed E-state index contributed by atoms with van der Waals surface area (Å²) in [6.45, 7) is 4.76. The van der Waals surface area contributed by atoms with Crippen LogP contribution in [0.15, 0.2) is 72.9 Å². The molecule has 1 saturated heterocycles. The maximum absolute atomic E-state index is 13.9. The average molecular weight is 448 g/mol. The van der Waals surface area contributed by atoms with Crippen molar-refractivity contribution in [3.8, 4) is 11.5 Å². The van der Waals surface area contributed by atoms with E-state index >= 15 is 0 Å². The number of rotatable bonds is 7. The van der Waals surface area contributed by atoms with Crippen LogP contribution in [-0.4, -0.2) is 42.6 Å². The fourth-order valence-corrected chi connectivity index (χ4v) is 4.54. The molecule has 0 bridgehead atoms. The molecular weight excluding hydrogens is 420 g/mol. The maximum atomic E-state index is 13.9. The Morgan fingerprint density at radius 2 is 1.64 bits per heavy atom. The zero-order chi connectivity index (χ0) is 22.6. The molecule has 0 atom stereocenters. The summed E-state index contributed by atoms with van der Waals surface area (Å²) in [5, 5.41) is 0.646. The van der Waals surface area contributed by atoms with E-state index in [4.69, 9.17) is 4.74 Å². The third-order valence-electron chi connectivity index (χ3n) is 6.26. The van der Waals surface area contributed by atoms with E-state index in [0.29, 0.717) is 10.9 Å². The Hall–Kier alpha value is -3.38. The molecular formula is C27H27F2N3O. The van der Waals surface area contributed by atoms with Crippen LogP contribution in [0, 0.1) is 11.6 Å². The van der Waals surface area contributed by atoms with E-state index in [2.05, 4.69) is 20.9 Å². The van der Waals surface area contributed by atoms with Crippen LogP contribution >= 0.6 is 0 Å². The lowest BCUT2D eigenvalue weighted by Gasteiger charge is -2.36. The number of halogens is 2. The Kier molecular flexibility index (Phi) is 6.26. The summed E-state index contributed by atoms with van der Waals surface area (Å²) in [4.78, 5) is 7.77. The molecule has 2 heterocycles. The number of aryl methyl sites for hydroxylation is 1. The lowest BCUT2D eigenvalue weighted by molar-refractivity contribution is 0.254. The lowest BCUT2D eigenvalue weighted by atomic mass is 10.1. The van der Waals surface area contributed by atoms with Crippen molar-refractivity contribution < 1.29 is 13.5 Å². The molecule has 0 radical (unpaired) electrons. The number of hydrogen-bond acceptors (Lipinski definition) is 3. The number of anilines is 1. The van der Waals surface area contributed by atoms with Crippen LogP contribution in [-0.2, 0) is 6.42 Å². The highest BCUT2D eigenvalue weighted by molar-refractivity contribution is 5.83. The third-order valence-corrected chi connectivity index (χ3v) is 6.26. The number of benzene rings is 3. The van der Waals surface area contributed by atoms with E-state index in [-0.39, 0.29) is 0 Å². The number of aromatic amines is 1. The van der Waals surface area contributed by atoms with Gasteiger partial charge in [0.15, 0.2) is 5.75 Å². The minimum atomic E-state index is -0.538. The Bertz CT molecular complexity index is 1220. The summed E-state index contributed by atoms with van der Waals surface area (Å²) < 4.78 is 33.7. The first-order valence-electron chi connectivity index (χ1n) is 11.4. The zero-order valence-corrected chi connectivity index (χ0v) is 18.4. The average Bonchev–Trinajstić information content (AvgIpc) is 3.24. The number of para-hydroxylation sites is 3. The van der Waals surface area contributed by atoms with Crippen molar-refractivity contribution in [2.45, 2.75) is 12.8 Å². The Morgan fingerprint density at radius 1 is 0.879 bits per heavy atom. The Morgan fingerprint density at radius 3 is 2.45 bits per heavy atom. The van der Waals surface area contributed by atoms with Crippen LogP contribution < -0.4 is 9.64 Å². The second kappa shape index (κ2) is 9.63. The summed E-state index contributed by atoms with van der Waals surface area (Å²) in [5.41, 5.74) is 2.47. The molecule has 0 aliphatic carbocycles. The fraction of sp³-hybridized carbons (Fsp3) is 0.259. The molecule has 4 nitrogen and oxygen atoms in total. The number of nitrogens with zero attached hydrogens (tertiary/aromatic N) is 2. The van der Waals surface area contributed by atoms with Gasteiger partial charge in [0.05, 0.1) is 11.2 Å². The van der Waals surface area contributed by atoms with Crippen LogP contribution in [0.4, 0.5) is 14.5 Å². The molecule has 5 rings (SSSR count). The first-order valence-corrected chi connectivity index (χ1v) is 11.4. The van der Waals surface area contributed by atoms with Crippen molar-refractivity contribution in [1.82, 2.24) is 9.88 Å². The lowest BCUT2D eigenvalue weighted by Crippen LogP contribution is -2.46. The van der Waals surface area contributed by atoms with Crippen LogP contribution in [0.3, 0.4) is 0 Å². The molecule has 1 aliphatic heterocycles. The number of fused-ring (bicyclic) bond motifs is 1. The van der Waals surface area contributed by atoms with Gasteiger partial charge in [-0.1, -0.05) is 30.3 Å². The smallest absolute Gasteiger partial charge is 0.150 e. The molecule has 1 aromatic heterocycles. The molecule has 4 aromatic rings. The van der Waals surface area contributed by atoms with Crippen LogP contribution in [0.5, 0.6) is 11.5 Å². The van der Waals surface area contributed by atoms with Gasteiger partial charge in [0, 0.05) is 43.8 Å². The molecule has 1 N–H and O–H groups in total. The SMILES string of the molecule is Fc1cc(F)c2[nH]cc(CCCN3CCN(c4ccccc4Oc4ccccc4)CC3)c2c1. The van der Waals surface area contributed by atoms with Crippen LogP contribution in [0.1, 0.15) is 12.0 Å². The van der Waals surface area contributed by atoms with E-state index in [9.17, 15) is 8.78 Å². The highest BCUT2D eigenvalue weighted by Gasteiger charge is 2.20. The Labute approximate surface area is 192 Å². The second-order valence-corrected chi connectivity index (χ2v) is 8.44. The van der Waals surface area contributed by atoms with E-state index in [1.54, 1.807) is 6.20 Å². The fourth-order valence-electron chi connectivity index (χ4n) is 4.54. The highest BCUT2D eigenvalue weighted by atomic mass is 19.1. The number of aromatic nitrogens is 1. The summed E-state index contributed by atoms with van der Waals surface area (Å²) in [6, 6.07) is 20.4. The molecule has 1 aliphatic rings. The standard InChI is InChI=1S/C27H27F2N3O/c28-21-17-23-20(19-30-27(23)24(29)18-21)7-6-12-31-13-15-32(16-14-31)25-10-4-5-11-26(25)33-22-8-2-1-3-9-22/h1-5,8-11,17-19,30H,6-7,12-16H2. The van der Waals surface area contributed by atoms with E-state index in [1.165, 1.54) is 6.07 Å². The molecule has 33 heavy (non-hydrogen) atoms. The molecule has 0 unspecified atom stereocenters. The number of piperazine rings is 1. The van der Waals surface area contributed by atoms with Gasteiger partial charge in [-0.2, -0.15) is 0 Å². The molecule has 170 valence electrons. The van der Waals surface area contributed by atoms with Crippen molar-refractivity contribution in [1.29, 1.82) is 0 Å². The molecule has 0 spiro atoms. The Balaban J connectivity index is 1.16. The van der Waals surface area contributed by atoms with Gasteiger partial charge < -0.3 is 14.6 Å². The van der Waals surface area contributed by atoms with Gasteiger partial charge >= 0.3 is 0 Å².